The van der Waals surface area contributed by atoms with Crippen LogP contribution < -0.4 is 23.8 Å². The summed E-state index contributed by atoms with van der Waals surface area (Å²) in [6.07, 6.45) is 0.624. The number of hydrogen-bond acceptors (Lipinski definition) is 6. The van der Waals surface area contributed by atoms with Gasteiger partial charge in [-0.1, -0.05) is 48.9 Å². The van der Waals surface area contributed by atoms with Crippen molar-refractivity contribution in [2.75, 3.05) is 32.2 Å². The third-order valence-corrected chi connectivity index (χ3v) is 7.58. The van der Waals surface area contributed by atoms with E-state index in [0.29, 0.717) is 12.2 Å². The molecule has 0 heterocycles. The van der Waals surface area contributed by atoms with Crippen LogP contribution in [0.15, 0.2) is 71.6 Å². The zero-order valence-electron chi connectivity index (χ0n) is 20.5. The molecule has 0 radical (unpaired) electrons. The van der Waals surface area contributed by atoms with Crippen LogP contribution in [-0.2, 0) is 14.8 Å². The molecule has 10 heteroatoms. The Balaban J connectivity index is 2.05. The summed E-state index contributed by atoms with van der Waals surface area (Å²) in [6, 6.07) is 18.0. The molecule has 1 atom stereocenters. The molecule has 1 amide bonds. The van der Waals surface area contributed by atoms with Gasteiger partial charge in [0.05, 0.1) is 38.0 Å². The predicted octanol–water partition coefficient (Wildman–Crippen LogP) is 4.83. The Morgan fingerprint density at radius 2 is 1.56 bits per heavy atom. The molecule has 36 heavy (non-hydrogen) atoms. The van der Waals surface area contributed by atoms with Gasteiger partial charge in [-0.3, -0.25) is 9.10 Å². The minimum atomic E-state index is -4.26. The SMILES string of the molecule is CC[C@H](NC(=O)CN(c1cc(Cl)ccc1OC)S(=O)(=O)c1ccc(OC)c(OC)c1)c1ccccc1. The van der Waals surface area contributed by atoms with Gasteiger partial charge in [-0.25, -0.2) is 8.42 Å². The first-order chi connectivity index (χ1) is 17.2. The fourth-order valence-electron chi connectivity index (χ4n) is 3.74. The Bertz CT molecular complexity index is 1300. The Hall–Kier alpha value is -3.43. The summed E-state index contributed by atoms with van der Waals surface area (Å²) in [6.45, 7) is 1.44. The van der Waals surface area contributed by atoms with Crippen molar-refractivity contribution in [1.82, 2.24) is 5.32 Å². The van der Waals surface area contributed by atoms with Crippen molar-refractivity contribution in [2.45, 2.75) is 24.3 Å². The number of nitrogens with one attached hydrogen (secondary N) is 1. The van der Waals surface area contributed by atoms with E-state index in [1.165, 1.54) is 45.6 Å². The Morgan fingerprint density at radius 1 is 0.917 bits per heavy atom. The lowest BCUT2D eigenvalue weighted by molar-refractivity contribution is -0.120. The Morgan fingerprint density at radius 3 is 2.17 bits per heavy atom. The molecule has 0 aromatic heterocycles. The van der Waals surface area contributed by atoms with Crippen LogP contribution >= 0.6 is 11.6 Å². The number of carbonyl (C=O) groups is 1. The highest BCUT2D eigenvalue weighted by molar-refractivity contribution is 7.92. The lowest BCUT2D eigenvalue weighted by Gasteiger charge is -2.27. The van der Waals surface area contributed by atoms with Crippen molar-refractivity contribution in [2.24, 2.45) is 0 Å². The number of sulfonamides is 1. The first-order valence-corrected chi connectivity index (χ1v) is 13.0. The standard InChI is InChI=1S/C26H29ClN2O6S/c1-5-21(18-9-7-6-8-10-18)28-26(30)17-29(22-15-19(27)11-13-23(22)33-2)36(31,32)20-12-14-24(34-3)25(16-20)35-4/h6-16,21H,5,17H2,1-4H3,(H,28,30)/t21-/m0/s1. The maximum atomic E-state index is 13.9. The normalized spacial score (nSPS) is 11.9. The van der Waals surface area contributed by atoms with Crippen molar-refractivity contribution in [1.29, 1.82) is 0 Å². The van der Waals surface area contributed by atoms with Crippen molar-refractivity contribution in [3.8, 4) is 17.2 Å². The number of nitrogens with zero attached hydrogens (tertiary/aromatic N) is 1. The number of amides is 1. The number of anilines is 1. The number of carbonyl (C=O) groups excluding carboxylic acids is 1. The summed E-state index contributed by atoms with van der Waals surface area (Å²) < 4.78 is 44.7. The number of benzene rings is 3. The topological polar surface area (TPSA) is 94.2 Å². The van der Waals surface area contributed by atoms with Gasteiger partial charge in [0.1, 0.15) is 12.3 Å². The van der Waals surface area contributed by atoms with Crippen LogP contribution in [0.4, 0.5) is 5.69 Å². The molecule has 3 rings (SSSR count). The Kier molecular flexibility index (Phi) is 9.06. The smallest absolute Gasteiger partial charge is 0.265 e. The zero-order valence-corrected chi connectivity index (χ0v) is 22.1. The van der Waals surface area contributed by atoms with Crippen molar-refractivity contribution in [3.63, 3.8) is 0 Å². The van der Waals surface area contributed by atoms with Crippen molar-refractivity contribution >= 4 is 33.2 Å². The van der Waals surface area contributed by atoms with Crippen molar-refractivity contribution in [3.05, 3.63) is 77.3 Å². The molecule has 192 valence electrons. The molecule has 3 aromatic carbocycles. The molecule has 0 aliphatic carbocycles. The second-order valence-electron chi connectivity index (χ2n) is 7.78. The van der Waals surface area contributed by atoms with Gasteiger partial charge in [0.2, 0.25) is 5.91 Å². The first kappa shape index (κ1) is 27.2. The molecule has 0 unspecified atom stereocenters. The van der Waals surface area contributed by atoms with E-state index in [-0.39, 0.29) is 33.1 Å². The molecule has 0 fully saturated rings. The van der Waals surface area contributed by atoms with Gasteiger partial charge in [-0.2, -0.15) is 0 Å². The summed E-state index contributed by atoms with van der Waals surface area (Å²) in [7, 11) is 0.0137. The number of ether oxygens (including phenoxy) is 3. The first-order valence-electron chi connectivity index (χ1n) is 11.2. The van der Waals surface area contributed by atoms with Gasteiger partial charge >= 0.3 is 0 Å². The van der Waals surface area contributed by atoms with E-state index >= 15 is 0 Å². The van der Waals surface area contributed by atoms with Gasteiger partial charge in [-0.05, 0) is 42.3 Å². The Labute approximate surface area is 216 Å². The van der Waals surface area contributed by atoms with E-state index in [1.807, 2.05) is 37.3 Å². The lowest BCUT2D eigenvalue weighted by Crippen LogP contribution is -2.42. The highest BCUT2D eigenvalue weighted by Crippen LogP contribution is 2.37. The molecular formula is C26H29ClN2O6S. The third-order valence-electron chi connectivity index (χ3n) is 5.59. The van der Waals surface area contributed by atoms with Gasteiger partial charge < -0.3 is 19.5 Å². The average molecular weight is 533 g/mol. The summed E-state index contributed by atoms with van der Waals surface area (Å²) in [4.78, 5) is 13.1. The monoisotopic (exact) mass is 532 g/mol. The van der Waals surface area contributed by atoms with Gasteiger partial charge in [0.15, 0.2) is 11.5 Å². The molecule has 0 saturated carbocycles. The summed E-state index contributed by atoms with van der Waals surface area (Å²) in [5.41, 5.74) is 1.05. The highest BCUT2D eigenvalue weighted by Gasteiger charge is 2.31. The minimum absolute atomic E-state index is 0.0925. The van der Waals surface area contributed by atoms with Crippen LogP contribution in [0.1, 0.15) is 24.9 Å². The van der Waals surface area contributed by atoms with E-state index in [2.05, 4.69) is 5.32 Å². The van der Waals surface area contributed by atoms with Crippen LogP contribution in [0.3, 0.4) is 0 Å². The van der Waals surface area contributed by atoms with Crippen LogP contribution in [0.25, 0.3) is 0 Å². The summed E-state index contributed by atoms with van der Waals surface area (Å²) in [5, 5.41) is 3.22. The number of hydrogen-bond donors (Lipinski definition) is 1. The number of methoxy groups -OCH3 is 3. The number of halogens is 1. The fraction of sp³-hybridized carbons (Fsp3) is 0.269. The maximum absolute atomic E-state index is 13.9. The van der Waals surface area contributed by atoms with Crippen LogP contribution in [0.2, 0.25) is 5.02 Å². The van der Waals surface area contributed by atoms with Crippen LogP contribution in [0, 0.1) is 0 Å². The second kappa shape index (κ2) is 12.0. The molecule has 0 spiro atoms. The van der Waals surface area contributed by atoms with Gasteiger partial charge in [0.25, 0.3) is 10.0 Å². The fourth-order valence-corrected chi connectivity index (χ4v) is 5.34. The van der Waals surface area contributed by atoms with E-state index in [4.69, 9.17) is 25.8 Å². The molecule has 0 aliphatic rings. The summed E-state index contributed by atoms with van der Waals surface area (Å²) >= 11 is 6.21. The van der Waals surface area contributed by atoms with E-state index in [1.54, 1.807) is 12.1 Å². The molecule has 1 N–H and O–H groups in total. The van der Waals surface area contributed by atoms with E-state index in [0.717, 1.165) is 9.87 Å². The molecule has 0 bridgehead atoms. The number of rotatable bonds is 11. The maximum Gasteiger partial charge on any atom is 0.265 e. The van der Waals surface area contributed by atoms with Crippen LogP contribution in [-0.4, -0.2) is 42.2 Å². The van der Waals surface area contributed by atoms with Gasteiger partial charge in [-0.15, -0.1) is 0 Å². The van der Waals surface area contributed by atoms with E-state index < -0.39 is 22.5 Å². The lowest BCUT2D eigenvalue weighted by atomic mass is 10.0. The van der Waals surface area contributed by atoms with Gasteiger partial charge in [0, 0.05) is 11.1 Å². The molecule has 3 aromatic rings. The summed E-state index contributed by atoms with van der Waals surface area (Å²) in [5.74, 6) is 0.356. The van der Waals surface area contributed by atoms with Crippen molar-refractivity contribution < 1.29 is 27.4 Å². The third kappa shape index (κ3) is 6.03. The molecule has 0 aliphatic heterocycles. The average Bonchev–Trinajstić information content (AvgIpc) is 2.90. The highest BCUT2D eigenvalue weighted by atomic mass is 35.5. The quantitative estimate of drug-likeness (QED) is 0.380. The minimum Gasteiger partial charge on any atom is -0.495 e. The van der Waals surface area contributed by atoms with Crippen LogP contribution in [0.5, 0.6) is 17.2 Å². The largest absolute Gasteiger partial charge is 0.495 e. The molecule has 8 nitrogen and oxygen atoms in total. The second-order valence-corrected chi connectivity index (χ2v) is 10.1. The zero-order chi connectivity index (χ0) is 26.3. The van der Waals surface area contributed by atoms with E-state index in [9.17, 15) is 13.2 Å². The predicted molar refractivity (Wildman–Crippen MR) is 140 cm³/mol. The molecule has 0 saturated heterocycles. The molecular weight excluding hydrogens is 504 g/mol.